The van der Waals surface area contributed by atoms with Gasteiger partial charge in [-0.2, -0.15) is 5.10 Å². The van der Waals surface area contributed by atoms with Gasteiger partial charge >= 0.3 is 0 Å². The van der Waals surface area contributed by atoms with Crippen molar-refractivity contribution in [3.63, 3.8) is 0 Å². The second kappa shape index (κ2) is 6.40. The third-order valence-electron chi connectivity index (χ3n) is 4.48. The van der Waals surface area contributed by atoms with E-state index in [2.05, 4.69) is 53.2 Å². The van der Waals surface area contributed by atoms with Gasteiger partial charge in [-0.3, -0.25) is 0 Å². The Morgan fingerprint density at radius 1 is 1.08 bits per heavy atom. The average molecular weight is 336 g/mol. The zero-order chi connectivity index (χ0) is 16.5. The van der Waals surface area contributed by atoms with Crippen molar-refractivity contribution >= 4 is 11.8 Å². The van der Waals surface area contributed by atoms with Crippen LogP contribution in [0.2, 0.25) is 0 Å². The van der Waals surface area contributed by atoms with Crippen LogP contribution in [-0.2, 0) is 18.6 Å². The van der Waals surface area contributed by atoms with Gasteiger partial charge in [0.05, 0.1) is 5.69 Å². The van der Waals surface area contributed by atoms with E-state index in [0.717, 1.165) is 35.1 Å². The van der Waals surface area contributed by atoms with Crippen LogP contribution >= 0.6 is 11.8 Å². The number of rotatable bonds is 4. The summed E-state index contributed by atoms with van der Waals surface area (Å²) in [6, 6.07) is 10.7. The maximum Gasteiger partial charge on any atom is 0.158 e. The standard InChI is InChI=1S/C19H20N4S/c1-13-6-8-15(9-7-13)11-24-19-10-18(20-12-21-19)23-17-5-3-4-16(17)14(2)22-23/h6-10,12H,3-5,11H2,1-2H3. The summed E-state index contributed by atoms with van der Waals surface area (Å²) in [6.45, 7) is 4.20. The van der Waals surface area contributed by atoms with E-state index in [1.54, 1.807) is 18.1 Å². The third kappa shape index (κ3) is 2.96. The molecule has 0 spiro atoms. The molecule has 0 unspecified atom stereocenters. The molecule has 0 radical (unpaired) electrons. The first-order valence-corrected chi connectivity index (χ1v) is 9.27. The van der Waals surface area contributed by atoms with Gasteiger partial charge in [0, 0.05) is 17.5 Å². The topological polar surface area (TPSA) is 43.6 Å². The SMILES string of the molecule is Cc1ccc(CSc2cc(-n3nc(C)c4c3CCC4)ncn2)cc1. The van der Waals surface area contributed by atoms with Crippen LogP contribution in [-0.4, -0.2) is 19.7 Å². The quantitative estimate of drug-likeness (QED) is 0.532. The van der Waals surface area contributed by atoms with Gasteiger partial charge in [-0.25, -0.2) is 14.6 Å². The van der Waals surface area contributed by atoms with Crippen LogP contribution in [0.15, 0.2) is 41.7 Å². The third-order valence-corrected chi connectivity index (χ3v) is 5.48. The first kappa shape index (κ1) is 15.4. The molecule has 0 saturated carbocycles. The second-order valence-electron chi connectivity index (χ2n) is 6.26. The van der Waals surface area contributed by atoms with Crippen molar-refractivity contribution < 1.29 is 0 Å². The molecular formula is C19H20N4S. The summed E-state index contributed by atoms with van der Waals surface area (Å²) < 4.78 is 2.01. The van der Waals surface area contributed by atoms with Gasteiger partial charge in [-0.15, -0.1) is 11.8 Å². The van der Waals surface area contributed by atoms with E-state index in [-0.39, 0.29) is 0 Å². The van der Waals surface area contributed by atoms with Gasteiger partial charge in [0.1, 0.15) is 11.4 Å². The Morgan fingerprint density at radius 3 is 2.75 bits per heavy atom. The highest BCUT2D eigenvalue weighted by Crippen LogP contribution is 2.28. The molecule has 0 aliphatic heterocycles. The summed E-state index contributed by atoms with van der Waals surface area (Å²) in [6.07, 6.45) is 5.09. The van der Waals surface area contributed by atoms with Gasteiger partial charge in [-0.1, -0.05) is 29.8 Å². The van der Waals surface area contributed by atoms with Crippen LogP contribution in [0.1, 0.15) is 34.5 Å². The predicted octanol–water partition coefficient (Wildman–Crippen LogP) is 4.06. The van der Waals surface area contributed by atoms with E-state index in [1.165, 1.54) is 28.8 Å². The molecule has 122 valence electrons. The van der Waals surface area contributed by atoms with Crippen LogP contribution in [0.25, 0.3) is 5.82 Å². The van der Waals surface area contributed by atoms with Gasteiger partial charge in [0.15, 0.2) is 5.82 Å². The smallest absolute Gasteiger partial charge is 0.158 e. The summed E-state index contributed by atoms with van der Waals surface area (Å²) in [5, 5.41) is 5.68. The molecule has 0 fully saturated rings. The molecule has 0 saturated heterocycles. The van der Waals surface area contributed by atoms with E-state index in [1.807, 2.05) is 10.7 Å². The highest BCUT2D eigenvalue weighted by Gasteiger charge is 2.21. The molecule has 0 amide bonds. The maximum absolute atomic E-state index is 4.69. The van der Waals surface area contributed by atoms with E-state index in [0.29, 0.717) is 0 Å². The Morgan fingerprint density at radius 2 is 1.92 bits per heavy atom. The number of hydrogen-bond acceptors (Lipinski definition) is 4. The number of benzene rings is 1. The van der Waals surface area contributed by atoms with Gasteiger partial charge < -0.3 is 0 Å². The summed E-state index contributed by atoms with van der Waals surface area (Å²) in [4.78, 5) is 8.85. The highest BCUT2D eigenvalue weighted by atomic mass is 32.2. The molecule has 0 bridgehead atoms. The molecule has 4 rings (SSSR count). The van der Waals surface area contributed by atoms with Crippen LogP contribution in [0.4, 0.5) is 0 Å². The van der Waals surface area contributed by atoms with Crippen molar-refractivity contribution in [1.29, 1.82) is 0 Å². The number of aromatic nitrogens is 4. The van der Waals surface area contributed by atoms with Gasteiger partial charge in [0.2, 0.25) is 0 Å². The van der Waals surface area contributed by atoms with Crippen molar-refractivity contribution in [2.75, 3.05) is 0 Å². The summed E-state index contributed by atoms with van der Waals surface area (Å²) in [7, 11) is 0. The van der Waals surface area contributed by atoms with Crippen molar-refractivity contribution in [3.05, 3.63) is 64.7 Å². The maximum atomic E-state index is 4.69. The summed E-state index contributed by atoms with van der Waals surface area (Å²) in [5.74, 6) is 1.79. The first-order chi connectivity index (χ1) is 11.7. The number of aryl methyl sites for hydroxylation is 2. The molecule has 1 aromatic carbocycles. The zero-order valence-electron chi connectivity index (χ0n) is 14.0. The van der Waals surface area contributed by atoms with Crippen LogP contribution < -0.4 is 0 Å². The minimum absolute atomic E-state index is 0.877. The lowest BCUT2D eigenvalue weighted by Crippen LogP contribution is -2.04. The Labute approximate surface area is 146 Å². The second-order valence-corrected chi connectivity index (χ2v) is 7.26. The van der Waals surface area contributed by atoms with E-state index >= 15 is 0 Å². The van der Waals surface area contributed by atoms with Crippen LogP contribution in [0.5, 0.6) is 0 Å². The number of hydrogen-bond donors (Lipinski definition) is 0. The van der Waals surface area contributed by atoms with Crippen molar-refractivity contribution in [2.24, 2.45) is 0 Å². The number of thioether (sulfide) groups is 1. The molecule has 5 heteroatoms. The van der Waals surface area contributed by atoms with Crippen LogP contribution in [0, 0.1) is 13.8 Å². The molecule has 4 nitrogen and oxygen atoms in total. The predicted molar refractivity (Wildman–Crippen MR) is 96.7 cm³/mol. The molecule has 0 atom stereocenters. The van der Waals surface area contributed by atoms with Crippen LogP contribution in [0.3, 0.4) is 0 Å². The van der Waals surface area contributed by atoms with E-state index < -0.39 is 0 Å². The normalized spacial score (nSPS) is 13.2. The van der Waals surface area contributed by atoms with E-state index in [4.69, 9.17) is 0 Å². The van der Waals surface area contributed by atoms with Crippen molar-refractivity contribution in [2.45, 2.75) is 43.9 Å². The Kier molecular flexibility index (Phi) is 4.10. The Hall–Kier alpha value is -2.14. The Bertz CT molecular complexity index is 868. The fourth-order valence-electron chi connectivity index (χ4n) is 3.18. The number of fused-ring (bicyclic) bond motifs is 1. The molecule has 2 aromatic heterocycles. The largest absolute Gasteiger partial charge is 0.230 e. The van der Waals surface area contributed by atoms with Crippen molar-refractivity contribution in [3.8, 4) is 5.82 Å². The minimum Gasteiger partial charge on any atom is -0.230 e. The fraction of sp³-hybridized carbons (Fsp3) is 0.316. The Balaban J connectivity index is 1.56. The molecule has 1 aliphatic rings. The zero-order valence-corrected chi connectivity index (χ0v) is 14.8. The average Bonchev–Trinajstić information content (AvgIpc) is 3.19. The molecule has 2 heterocycles. The van der Waals surface area contributed by atoms with E-state index in [9.17, 15) is 0 Å². The lowest BCUT2D eigenvalue weighted by atomic mass is 10.2. The number of nitrogens with zero attached hydrogens (tertiary/aromatic N) is 4. The molecule has 1 aliphatic carbocycles. The fourth-order valence-corrected chi connectivity index (χ4v) is 4.00. The monoisotopic (exact) mass is 336 g/mol. The molecule has 3 aromatic rings. The lowest BCUT2D eigenvalue weighted by Gasteiger charge is -2.06. The molecular weight excluding hydrogens is 316 g/mol. The molecule has 24 heavy (non-hydrogen) atoms. The van der Waals surface area contributed by atoms with Crippen molar-refractivity contribution in [1.82, 2.24) is 19.7 Å². The first-order valence-electron chi connectivity index (χ1n) is 8.29. The van der Waals surface area contributed by atoms with Gasteiger partial charge in [0.25, 0.3) is 0 Å². The minimum atomic E-state index is 0.877. The van der Waals surface area contributed by atoms with Gasteiger partial charge in [-0.05, 0) is 44.2 Å². The summed E-state index contributed by atoms with van der Waals surface area (Å²) in [5.41, 5.74) is 6.45. The highest BCUT2D eigenvalue weighted by molar-refractivity contribution is 7.98. The molecule has 0 N–H and O–H groups in total. The summed E-state index contributed by atoms with van der Waals surface area (Å²) >= 11 is 1.74. The lowest BCUT2D eigenvalue weighted by molar-refractivity contribution is 0.748.